The summed E-state index contributed by atoms with van der Waals surface area (Å²) in [4.78, 5) is 0. The van der Waals surface area contributed by atoms with Crippen LogP contribution in [0.25, 0.3) is 0 Å². The van der Waals surface area contributed by atoms with Crippen LogP contribution in [0.4, 0.5) is 4.39 Å². The number of nitrogens with zero attached hydrogens (tertiary/aromatic N) is 1. The Morgan fingerprint density at radius 1 is 1.20 bits per heavy atom. The number of benzene rings is 2. The van der Waals surface area contributed by atoms with Gasteiger partial charge in [-0.05, 0) is 31.5 Å². The Bertz CT molecular complexity index is 621. The van der Waals surface area contributed by atoms with Gasteiger partial charge < -0.3 is 9.94 Å². The molecule has 0 unspecified atom stereocenters. The molecule has 0 saturated heterocycles. The van der Waals surface area contributed by atoms with E-state index in [0.29, 0.717) is 23.6 Å². The number of hydrogen-bond donors (Lipinski definition) is 1. The molecule has 2 rings (SSSR count). The third-order valence-electron chi connectivity index (χ3n) is 3.00. The smallest absolute Gasteiger partial charge is 0.131 e. The lowest BCUT2D eigenvalue weighted by Crippen LogP contribution is -2.03. The van der Waals surface area contributed by atoms with E-state index in [1.54, 1.807) is 6.92 Å². The van der Waals surface area contributed by atoms with Crippen LogP contribution in [0, 0.1) is 12.7 Å². The lowest BCUT2D eigenvalue weighted by atomic mass is 10.1. The molecule has 0 radical (unpaired) electrons. The topological polar surface area (TPSA) is 41.8 Å². The summed E-state index contributed by atoms with van der Waals surface area (Å²) in [6, 6.07) is 12.0. The average molecular weight is 273 g/mol. The summed E-state index contributed by atoms with van der Waals surface area (Å²) in [5, 5.41) is 12.0. The molecule has 104 valence electrons. The number of aryl methyl sites for hydroxylation is 1. The van der Waals surface area contributed by atoms with Crippen molar-refractivity contribution in [3.8, 4) is 5.75 Å². The number of oxime groups is 1. The van der Waals surface area contributed by atoms with Gasteiger partial charge in [-0.1, -0.05) is 35.0 Å². The number of ether oxygens (including phenoxy) is 1. The molecule has 4 heteroatoms. The second-order valence-corrected chi connectivity index (χ2v) is 4.60. The summed E-state index contributed by atoms with van der Waals surface area (Å²) in [7, 11) is 0. The van der Waals surface area contributed by atoms with E-state index in [1.807, 2.05) is 31.2 Å². The highest BCUT2D eigenvalue weighted by atomic mass is 19.1. The van der Waals surface area contributed by atoms with E-state index in [0.717, 1.165) is 5.56 Å². The molecule has 0 aromatic heterocycles. The van der Waals surface area contributed by atoms with Gasteiger partial charge in [0.05, 0.1) is 5.71 Å². The van der Waals surface area contributed by atoms with Crippen LogP contribution in [0.15, 0.2) is 47.6 Å². The summed E-state index contributed by atoms with van der Waals surface area (Å²) in [5.74, 6) is -0.0285. The first-order valence-electron chi connectivity index (χ1n) is 6.27. The highest BCUT2D eigenvalue weighted by molar-refractivity contribution is 6.00. The Kier molecular flexibility index (Phi) is 4.35. The Morgan fingerprint density at radius 2 is 1.90 bits per heavy atom. The first kappa shape index (κ1) is 14.1. The van der Waals surface area contributed by atoms with Crippen molar-refractivity contribution in [3.63, 3.8) is 0 Å². The SMILES string of the molecule is CC(=NO)c1ccc(F)cc1OCc1ccc(C)cc1. The quantitative estimate of drug-likeness (QED) is 0.521. The molecule has 0 heterocycles. The van der Waals surface area contributed by atoms with Gasteiger partial charge in [-0.25, -0.2) is 4.39 Å². The number of halogens is 1. The molecule has 0 bridgehead atoms. The van der Waals surface area contributed by atoms with Crippen LogP contribution in [0.5, 0.6) is 5.75 Å². The van der Waals surface area contributed by atoms with Crippen LogP contribution >= 0.6 is 0 Å². The number of rotatable bonds is 4. The predicted octanol–water partition coefficient (Wildman–Crippen LogP) is 3.91. The van der Waals surface area contributed by atoms with Crippen molar-refractivity contribution in [2.75, 3.05) is 0 Å². The molecule has 2 aromatic carbocycles. The minimum absolute atomic E-state index is 0.329. The third-order valence-corrected chi connectivity index (χ3v) is 3.00. The van der Waals surface area contributed by atoms with Crippen molar-refractivity contribution in [2.45, 2.75) is 20.5 Å². The molecular formula is C16H16FNO2. The van der Waals surface area contributed by atoms with Crippen LogP contribution in [0.2, 0.25) is 0 Å². The highest BCUT2D eigenvalue weighted by Crippen LogP contribution is 2.22. The fraction of sp³-hybridized carbons (Fsp3) is 0.188. The molecular weight excluding hydrogens is 257 g/mol. The van der Waals surface area contributed by atoms with Gasteiger partial charge in [0.15, 0.2) is 0 Å². The Balaban J connectivity index is 2.20. The lowest BCUT2D eigenvalue weighted by molar-refractivity contribution is 0.302. The minimum Gasteiger partial charge on any atom is -0.488 e. The first-order valence-corrected chi connectivity index (χ1v) is 6.27. The van der Waals surface area contributed by atoms with E-state index < -0.39 is 5.82 Å². The predicted molar refractivity (Wildman–Crippen MR) is 75.9 cm³/mol. The molecule has 0 amide bonds. The maximum atomic E-state index is 13.3. The summed E-state index contributed by atoms with van der Waals surface area (Å²) >= 11 is 0. The zero-order valence-electron chi connectivity index (χ0n) is 11.4. The van der Waals surface area contributed by atoms with Crippen LogP contribution in [0.3, 0.4) is 0 Å². The fourth-order valence-electron chi connectivity index (χ4n) is 1.81. The normalized spacial score (nSPS) is 11.4. The number of hydrogen-bond acceptors (Lipinski definition) is 3. The average Bonchev–Trinajstić information content (AvgIpc) is 2.46. The maximum absolute atomic E-state index is 13.3. The van der Waals surface area contributed by atoms with E-state index in [4.69, 9.17) is 9.94 Å². The van der Waals surface area contributed by atoms with Gasteiger partial charge in [0.25, 0.3) is 0 Å². The van der Waals surface area contributed by atoms with Crippen molar-refractivity contribution in [2.24, 2.45) is 5.16 Å². The molecule has 1 N–H and O–H groups in total. The zero-order valence-corrected chi connectivity index (χ0v) is 11.4. The molecule has 0 spiro atoms. The first-order chi connectivity index (χ1) is 9.60. The second kappa shape index (κ2) is 6.19. The van der Waals surface area contributed by atoms with Crippen LogP contribution in [0.1, 0.15) is 23.6 Å². The van der Waals surface area contributed by atoms with Gasteiger partial charge in [-0.2, -0.15) is 0 Å². The highest BCUT2D eigenvalue weighted by Gasteiger charge is 2.09. The minimum atomic E-state index is -0.390. The zero-order chi connectivity index (χ0) is 14.5. The van der Waals surface area contributed by atoms with Crippen molar-refractivity contribution in [3.05, 3.63) is 65.0 Å². The van der Waals surface area contributed by atoms with Crippen molar-refractivity contribution in [1.82, 2.24) is 0 Å². The van der Waals surface area contributed by atoms with E-state index in [2.05, 4.69) is 5.16 Å². The monoisotopic (exact) mass is 273 g/mol. The van der Waals surface area contributed by atoms with Crippen LogP contribution < -0.4 is 4.74 Å². The van der Waals surface area contributed by atoms with Gasteiger partial charge in [0.1, 0.15) is 18.2 Å². The molecule has 0 aliphatic carbocycles. The van der Waals surface area contributed by atoms with Gasteiger partial charge in [-0.15, -0.1) is 0 Å². The largest absolute Gasteiger partial charge is 0.488 e. The van der Waals surface area contributed by atoms with Gasteiger partial charge in [-0.3, -0.25) is 0 Å². The summed E-state index contributed by atoms with van der Waals surface area (Å²) in [5.41, 5.74) is 3.11. The Hall–Kier alpha value is -2.36. The summed E-state index contributed by atoms with van der Waals surface area (Å²) in [6.45, 7) is 3.97. The van der Waals surface area contributed by atoms with Crippen LogP contribution in [-0.2, 0) is 6.61 Å². The van der Waals surface area contributed by atoms with E-state index >= 15 is 0 Å². The van der Waals surface area contributed by atoms with Crippen molar-refractivity contribution in [1.29, 1.82) is 0 Å². The van der Waals surface area contributed by atoms with Gasteiger partial charge in [0, 0.05) is 11.6 Å². The lowest BCUT2D eigenvalue weighted by Gasteiger charge is -2.11. The molecule has 20 heavy (non-hydrogen) atoms. The summed E-state index contributed by atoms with van der Waals surface area (Å²) < 4.78 is 18.9. The second-order valence-electron chi connectivity index (χ2n) is 4.60. The maximum Gasteiger partial charge on any atom is 0.131 e. The van der Waals surface area contributed by atoms with Crippen molar-refractivity contribution < 1.29 is 14.3 Å². The molecule has 0 aliphatic heterocycles. The molecule has 0 aliphatic rings. The van der Waals surface area contributed by atoms with E-state index in [1.165, 1.54) is 23.8 Å². The van der Waals surface area contributed by atoms with E-state index in [-0.39, 0.29) is 0 Å². The molecule has 0 atom stereocenters. The third kappa shape index (κ3) is 3.35. The fourth-order valence-corrected chi connectivity index (χ4v) is 1.81. The standard InChI is InChI=1S/C16H16FNO2/c1-11-3-5-13(6-4-11)10-20-16-9-14(17)7-8-15(16)12(2)18-19/h3-9,19H,10H2,1-2H3. The van der Waals surface area contributed by atoms with Crippen LogP contribution in [-0.4, -0.2) is 10.9 Å². The Labute approximate surface area is 117 Å². The molecule has 0 fully saturated rings. The van der Waals surface area contributed by atoms with Crippen molar-refractivity contribution >= 4 is 5.71 Å². The van der Waals surface area contributed by atoms with E-state index in [9.17, 15) is 4.39 Å². The molecule has 3 nitrogen and oxygen atoms in total. The Morgan fingerprint density at radius 3 is 2.55 bits per heavy atom. The van der Waals surface area contributed by atoms with Gasteiger partial charge in [0.2, 0.25) is 0 Å². The molecule has 2 aromatic rings. The van der Waals surface area contributed by atoms with Gasteiger partial charge >= 0.3 is 0 Å². The molecule has 0 saturated carbocycles. The summed E-state index contributed by atoms with van der Waals surface area (Å²) in [6.07, 6.45) is 0.